The average molecular weight is 336 g/mol. The molecule has 2 aromatic rings. The molecule has 1 saturated heterocycles. The van der Waals surface area contributed by atoms with Crippen LogP contribution in [0.3, 0.4) is 0 Å². The molecule has 2 unspecified atom stereocenters. The van der Waals surface area contributed by atoms with E-state index in [0.717, 1.165) is 23.8 Å². The first kappa shape index (κ1) is 15.7. The minimum Gasteiger partial charge on any atom is -0.478 e. The predicted molar refractivity (Wildman–Crippen MR) is 96.3 cm³/mol. The number of carboxylic acids is 1. The number of hydrogen-bond acceptors (Lipinski definition) is 3. The Balaban J connectivity index is 1.54. The second-order valence-electron chi connectivity index (χ2n) is 6.84. The summed E-state index contributed by atoms with van der Waals surface area (Å²) in [5, 5.41) is 11.9. The number of amides is 1. The van der Waals surface area contributed by atoms with Gasteiger partial charge in [0.1, 0.15) is 0 Å². The summed E-state index contributed by atoms with van der Waals surface area (Å²) in [6.07, 6.45) is 3.79. The van der Waals surface area contributed by atoms with Crippen LogP contribution < -0.4 is 10.2 Å². The monoisotopic (exact) mass is 336 g/mol. The van der Waals surface area contributed by atoms with Crippen LogP contribution in [0.2, 0.25) is 0 Å². The van der Waals surface area contributed by atoms with Crippen molar-refractivity contribution in [1.82, 2.24) is 0 Å². The first-order valence-corrected chi connectivity index (χ1v) is 8.62. The number of nitrogens with one attached hydrogen (secondary N) is 1. The van der Waals surface area contributed by atoms with Crippen molar-refractivity contribution < 1.29 is 14.7 Å². The highest BCUT2D eigenvalue weighted by Crippen LogP contribution is 2.42. The molecular weight excluding hydrogens is 316 g/mol. The van der Waals surface area contributed by atoms with Gasteiger partial charge in [0.2, 0.25) is 0 Å². The maximum Gasteiger partial charge on any atom is 0.335 e. The van der Waals surface area contributed by atoms with Crippen LogP contribution in [0.15, 0.2) is 48.5 Å². The molecule has 0 spiro atoms. The molecule has 128 valence electrons. The predicted octanol–water partition coefficient (Wildman–Crippen LogP) is 3.63. The SMILES string of the molecule is O=C(O)c1ccc(C(=O)Nc2ccccc2N2CC3CCC2C3)cc1. The van der Waals surface area contributed by atoms with Crippen molar-refractivity contribution in [1.29, 1.82) is 0 Å². The number of benzene rings is 2. The van der Waals surface area contributed by atoms with E-state index in [2.05, 4.69) is 16.3 Å². The number of para-hydroxylation sites is 2. The van der Waals surface area contributed by atoms with Crippen molar-refractivity contribution in [3.63, 3.8) is 0 Å². The van der Waals surface area contributed by atoms with E-state index in [4.69, 9.17) is 5.11 Å². The van der Waals surface area contributed by atoms with Gasteiger partial charge in [-0.05, 0) is 61.6 Å². The molecule has 2 atom stereocenters. The largest absolute Gasteiger partial charge is 0.478 e. The van der Waals surface area contributed by atoms with E-state index in [9.17, 15) is 9.59 Å². The van der Waals surface area contributed by atoms with E-state index in [1.165, 1.54) is 31.4 Å². The summed E-state index contributed by atoms with van der Waals surface area (Å²) in [5.74, 6) is -0.451. The molecule has 25 heavy (non-hydrogen) atoms. The van der Waals surface area contributed by atoms with E-state index in [1.54, 1.807) is 12.1 Å². The van der Waals surface area contributed by atoms with Crippen LogP contribution in [0.25, 0.3) is 0 Å². The molecule has 2 bridgehead atoms. The number of carbonyl (C=O) groups is 2. The number of hydrogen-bond donors (Lipinski definition) is 2. The molecule has 2 N–H and O–H groups in total. The number of nitrogens with zero attached hydrogens (tertiary/aromatic N) is 1. The lowest BCUT2D eigenvalue weighted by atomic mass is 10.1. The Bertz CT molecular complexity index is 816. The summed E-state index contributed by atoms with van der Waals surface area (Å²) < 4.78 is 0. The lowest BCUT2D eigenvalue weighted by Crippen LogP contribution is -2.32. The molecular formula is C20H20N2O3. The van der Waals surface area contributed by atoms with E-state index in [0.29, 0.717) is 11.6 Å². The van der Waals surface area contributed by atoms with Gasteiger partial charge in [-0.1, -0.05) is 12.1 Å². The van der Waals surface area contributed by atoms with Crippen molar-refractivity contribution in [2.75, 3.05) is 16.8 Å². The van der Waals surface area contributed by atoms with Gasteiger partial charge in [-0.3, -0.25) is 4.79 Å². The number of carboxylic acid groups (broad SMARTS) is 1. The average Bonchev–Trinajstić information content (AvgIpc) is 3.25. The Morgan fingerprint density at radius 1 is 1.00 bits per heavy atom. The third-order valence-corrected chi connectivity index (χ3v) is 5.26. The number of piperidine rings is 1. The van der Waals surface area contributed by atoms with Crippen molar-refractivity contribution >= 4 is 23.3 Å². The molecule has 0 aromatic heterocycles. The molecule has 2 aliphatic rings. The molecule has 2 fully saturated rings. The fraction of sp³-hybridized carbons (Fsp3) is 0.300. The quantitative estimate of drug-likeness (QED) is 0.894. The van der Waals surface area contributed by atoms with Gasteiger partial charge in [-0.2, -0.15) is 0 Å². The molecule has 1 aliphatic heterocycles. The van der Waals surface area contributed by atoms with Crippen LogP contribution in [0.4, 0.5) is 11.4 Å². The molecule has 4 rings (SSSR count). The normalized spacial score (nSPS) is 21.4. The van der Waals surface area contributed by atoms with Gasteiger partial charge < -0.3 is 15.3 Å². The van der Waals surface area contributed by atoms with Crippen molar-refractivity contribution in [3.05, 3.63) is 59.7 Å². The maximum atomic E-state index is 12.5. The molecule has 2 aromatic carbocycles. The molecule has 1 aliphatic carbocycles. The second-order valence-corrected chi connectivity index (χ2v) is 6.84. The van der Waals surface area contributed by atoms with E-state index in [-0.39, 0.29) is 11.5 Å². The highest BCUT2D eigenvalue weighted by molar-refractivity contribution is 6.06. The lowest BCUT2D eigenvalue weighted by molar-refractivity contribution is 0.0696. The zero-order valence-corrected chi connectivity index (χ0v) is 13.8. The maximum absolute atomic E-state index is 12.5. The fourth-order valence-corrected chi connectivity index (χ4v) is 4.01. The first-order chi connectivity index (χ1) is 12.1. The molecule has 1 saturated carbocycles. The van der Waals surface area contributed by atoms with Gasteiger partial charge in [-0.15, -0.1) is 0 Å². The van der Waals surface area contributed by atoms with Gasteiger partial charge in [0.15, 0.2) is 0 Å². The molecule has 1 amide bonds. The Hall–Kier alpha value is -2.82. The van der Waals surface area contributed by atoms with E-state index in [1.807, 2.05) is 18.2 Å². The summed E-state index contributed by atoms with van der Waals surface area (Å²) >= 11 is 0. The Morgan fingerprint density at radius 2 is 1.72 bits per heavy atom. The van der Waals surface area contributed by atoms with Crippen molar-refractivity contribution in [2.45, 2.75) is 25.3 Å². The number of carbonyl (C=O) groups excluding carboxylic acids is 1. The third-order valence-electron chi connectivity index (χ3n) is 5.26. The number of anilines is 2. The summed E-state index contributed by atoms with van der Waals surface area (Å²) in [6, 6.07) is 14.5. The van der Waals surface area contributed by atoms with Crippen LogP contribution in [-0.2, 0) is 0 Å². The lowest BCUT2D eigenvalue weighted by Gasteiger charge is -2.31. The second kappa shape index (κ2) is 6.24. The minimum atomic E-state index is -0.999. The number of aromatic carboxylic acids is 1. The standard InChI is InChI=1S/C20H20N2O3/c23-19(14-6-8-15(9-7-14)20(24)25)21-17-3-1-2-4-18(17)22-12-13-5-10-16(22)11-13/h1-4,6-9,13,16H,5,10-12H2,(H,21,23)(H,24,25). The smallest absolute Gasteiger partial charge is 0.335 e. The van der Waals surface area contributed by atoms with Crippen LogP contribution in [0.5, 0.6) is 0 Å². The van der Waals surface area contributed by atoms with Gasteiger partial charge >= 0.3 is 5.97 Å². The highest BCUT2D eigenvalue weighted by atomic mass is 16.4. The van der Waals surface area contributed by atoms with Crippen LogP contribution in [-0.4, -0.2) is 29.6 Å². The van der Waals surface area contributed by atoms with Crippen molar-refractivity contribution in [3.8, 4) is 0 Å². The van der Waals surface area contributed by atoms with Gasteiger partial charge in [-0.25, -0.2) is 4.79 Å². The Kier molecular flexibility index (Phi) is 3.92. The zero-order valence-electron chi connectivity index (χ0n) is 13.8. The van der Waals surface area contributed by atoms with Gasteiger partial charge in [0.25, 0.3) is 5.91 Å². The van der Waals surface area contributed by atoms with E-state index < -0.39 is 5.97 Å². The van der Waals surface area contributed by atoms with Crippen LogP contribution >= 0.6 is 0 Å². The van der Waals surface area contributed by atoms with Crippen LogP contribution in [0.1, 0.15) is 40.0 Å². The van der Waals surface area contributed by atoms with Crippen LogP contribution in [0, 0.1) is 5.92 Å². The molecule has 0 radical (unpaired) electrons. The first-order valence-electron chi connectivity index (χ1n) is 8.62. The summed E-state index contributed by atoms with van der Waals surface area (Å²) in [5.41, 5.74) is 2.50. The fourth-order valence-electron chi connectivity index (χ4n) is 4.01. The van der Waals surface area contributed by atoms with E-state index >= 15 is 0 Å². The zero-order chi connectivity index (χ0) is 17.4. The highest BCUT2D eigenvalue weighted by Gasteiger charge is 2.38. The van der Waals surface area contributed by atoms with Gasteiger partial charge in [0, 0.05) is 18.2 Å². The molecule has 5 heteroatoms. The third kappa shape index (κ3) is 2.97. The summed E-state index contributed by atoms with van der Waals surface area (Å²) in [6.45, 7) is 1.06. The summed E-state index contributed by atoms with van der Waals surface area (Å²) in [4.78, 5) is 25.9. The molecule has 5 nitrogen and oxygen atoms in total. The number of rotatable bonds is 4. The Labute approximate surface area is 146 Å². The number of fused-ring (bicyclic) bond motifs is 2. The molecule has 1 heterocycles. The topological polar surface area (TPSA) is 69.6 Å². The van der Waals surface area contributed by atoms with Gasteiger partial charge in [0.05, 0.1) is 16.9 Å². The Morgan fingerprint density at radius 3 is 2.36 bits per heavy atom. The van der Waals surface area contributed by atoms with Crippen molar-refractivity contribution in [2.24, 2.45) is 5.92 Å². The minimum absolute atomic E-state index is 0.171. The summed E-state index contributed by atoms with van der Waals surface area (Å²) in [7, 11) is 0.